The molecule has 2 heterocycles. The largest absolute Gasteiger partial charge is 0.452 e. The number of nitriles is 1. The van der Waals surface area contributed by atoms with Crippen molar-refractivity contribution in [1.29, 1.82) is 5.26 Å². The number of fused-ring (bicyclic) bond motifs is 1. The molecule has 21 heavy (non-hydrogen) atoms. The highest BCUT2D eigenvalue weighted by atomic mass is 19.1. The van der Waals surface area contributed by atoms with Crippen LogP contribution in [-0.4, -0.2) is 9.97 Å². The van der Waals surface area contributed by atoms with Crippen LogP contribution in [-0.2, 0) is 0 Å². The molecule has 0 saturated heterocycles. The molecule has 4 nitrogen and oxygen atoms in total. The van der Waals surface area contributed by atoms with Crippen LogP contribution in [0.2, 0.25) is 0 Å². The van der Waals surface area contributed by atoms with Gasteiger partial charge in [0.2, 0.25) is 0 Å². The Bertz CT molecular complexity index is 871. The Kier molecular flexibility index (Phi) is 3.20. The van der Waals surface area contributed by atoms with E-state index in [1.807, 2.05) is 6.07 Å². The smallest absolute Gasteiger partial charge is 0.183 e. The van der Waals surface area contributed by atoms with Crippen molar-refractivity contribution in [2.75, 3.05) is 0 Å². The fourth-order valence-electron chi connectivity index (χ4n) is 2.01. The van der Waals surface area contributed by atoms with E-state index in [9.17, 15) is 4.39 Å². The van der Waals surface area contributed by atoms with Gasteiger partial charge < -0.3 is 4.74 Å². The number of para-hydroxylation sites is 1. The van der Waals surface area contributed by atoms with Crippen LogP contribution >= 0.6 is 0 Å². The second kappa shape index (κ2) is 5.17. The summed E-state index contributed by atoms with van der Waals surface area (Å²) in [6, 6.07) is 11.7. The summed E-state index contributed by atoms with van der Waals surface area (Å²) >= 11 is 0. The average Bonchev–Trinajstić information content (AvgIpc) is 2.50. The number of ether oxygens (including phenoxy) is 1. The van der Waals surface area contributed by atoms with Crippen molar-refractivity contribution < 1.29 is 9.13 Å². The maximum atomic E-state index is 13.7. The summed E-state index contributed by atoms with van der Waals surface area (Å²) in [4.78, 5) is 8.16. The predicted molar refractivity (Wildman–Crippen MR) is 75.5 cm³/mol. The molecule has 0 bridgehead atoms. The van der Waals surface area contributed by atoms with E-state index in [1.165, 1.54) is 12.3 Å². The molecular weight excluding hydrogens is 269 g/mol. The van der Waals surface area contributed by atoms with Crippen LogP contribution in [0.4, 0.5) is 4.39 Å². The summed E-state index contributed by atoms with van der Waals surface area (Å²) in [5.74, 6) is 0.444. The van der Waals surface area contributed by atoms with Crippen LogP contribution in [0.15, 0.2) is 42.6 Å². The third kappa shape index (κ3) is 2.39. The first-order valence-corrected chi connectivity index (χ1v) is 6.28. The number of pyridine rings is 2. The lowest BCUT2D eigenvalue weighted by atomic mass is 10.2. The van der Waals surface area contributed by atoms with Crippen molar-refractivity contribution in [2.24, 2.45) is 0 Å². The fraction of sp³-hybridized carbons (Fsp3) is 0.0625. The molecule has 0 unspecified atom stereocenters. The number of aromatic nitrogens is 2. The zero-order chi connectivity index (χ0) is 14.8. The highest BCUT2D eigenvalue weighted by Crippen LogP contribution is 2.29. The monoisotopic (exact) mass is 279 g/mol. The molecule has 3 aromatic rings. The average molecular weight is 279 g/mol. The van der Waals surface area contributed by atoms with Crippen LogP contribution in [0.3, 0.4) is 0 Å². The Morgan fingerprint density at radius 2 is 2.05 bits per heavy atom. The Morgan fingerprint density at radius 1 is 1.19 bits per heavy atom. The summed E-state index contributed by atoms with van der Waals surface area (Å²) < 4.78 is 19.4. The molecule has 0 saturated carbocycles. The molecule has 2 aromatic heterocycles. The normalized spacial score (nSPS) is 10.3. The van der Waals surface area contributed by atoms with Gasteiger partial charge in [0.15, 0.2) is 11.4 Å². The lowest BCUT2D eigenvalue weighted by Crippen LogP contribution is -1.95. The highest BCUT2D eigenvalue weighted by Gasteiger charge is 2.11. The molecule has 0 atom stereocenters. The quantitative estimate of drug-likeness (QED) is 0.717. The summed E-state index contributed by atoms with van der Waals surface area (Å²) in [5, 5.41) is 9.65. The molecule has 0 radical (unpaired) electrons. The van der Waals surface area contributed by atoms with Crippen molar-refractivity contribution >= 4 is 10.9 Å². The minimum atomic E-state index is -0.374. The van der Waals surface area contributed by atoms with Crippen molar-refractivity contribution in [3.05, 3.63) is 59.8 Å². The molecule has 0 amide bonds. The van der Waals surface area contributed by atoms with E-state index in [1.54, 1.807) is 37.3 Å². The minimum absolute atomic E-state index is 0.191. The standard InChI is InChI=1S/C16H10FN3O/c1-10-15(21-14-6-3-7-19-13(14)9-18)8-11-4-2-5-12(17)16(11)20-10/h2-8H,1H3. The van der Waals surface area contributed by atoms with Crippen molar-refractivity contribution in [3.63, 3.8) is 0 Å². The molecule has 3 rings (SSSR count). The van der Waals surface area contributed by atoms with Gasteiger partial charge in [-0.05, 0) is 31.2 Å². The molecule has 5 heteroatoms. The van der Waals surface area contributed by atoms with Crippen LogP contribution in [0.25, 0.3) is 10.9 Å². The molecule has 0 fully saturated rings. The molecule has 0 aliphatic carbocycles. The van der Waals surface area contributed by atoms with Crippen molar-refractivity contribution in [3.8, 4) is 17.6 Å². The summed E-state index contributed by atoms with van der Waals surface area (Å²) in [6.45, 7) is 1.73. The third-order valence-electron chi connectivity index (χ3n) is 3.04. The second-order valence-corrected chi connectivity index (χ2v) is 4.45. The van der Waals surface area contributed by atoms with Crippen molar-refractivity contribution in [1.82, 2.24) is 9.97 Å². The molecule has 1 aromatic carbocycles. The van der Waals surface area contributed by atoms with Gasteiger partial charge in [-0.1, -0.05) is 12.1 Å². The van der Waals surface area contributed by atoms with E-state index in [0.29, 0.717) is 28.1 Å². The zero-order valence-corrected chi connectivity index (χ0v) is 11.2. The molecule has 102 valence electrons. The maximum absolute atomic E-state index is 13.7. The Morgan fingerprint density at radius 3 is 2.86 bits per heavy atom. The van der Waals surface area contributed by atoms with Gasteiger partial charge in [0.05, 0.1) is 5.69 Å². The lowest BCUT2D eigenvalue weighted by Gasteiger charge is -2.10. The van der Waals surface area contributed by atoms with E-state index in [-0.39, 0.29) is 11.5 Å². The SMILES string of the molecule is Cc1nc2c(F)cccc2cc1Oc1cccnc1C#N. The third-order valence-corrected chi connectivity index (χ3v) is 3.04. The minimum Gasteiger partial charge on any atom is -0.452 e. The van der Waals surface area contributed by atoms with E-state index in [4.69, 9.17) is 10.00 Å². The van der Waals surface area contributed by atoms with E-state index < -0.39 is 0 Å². The van der Waals surface area contributed by atoms with Gasteiger partial charge in [-0.15, -0.1) is 0 Å². The van der Waals surface area contributed by atoms with Crippen LogP contribution < -0.4 is 4.74 Å². The predicted octanol–water partition coefficient (Wildman–Crippen LogP) is 3.74. The number of hydrogen-bond acceptors (Lipinski definition) is 4. The van der Waals surface area contributed by atoms with Gasteiger partial charge in [-0.2, -0.15) is 5.26 Å². The number of hydrogen-bond donors (Lipinski definition) is 0. The Labute approximate surface area is 120 Å². The molecular formula is C16H10FN3O. The van der Waals surface area contributed by atoms with Gasteiger partial charge in [0.1, 0.15) is 23.2 Å². The second-order valence-electron chi connectivity index (χ2n) is 4.45. The highest BCUT2D eigenvalue weighted by molar-refractivity contribution is 5.81. The Balaban J connectivity index is 2.09. The number of benzene rings is 1. The number of nitrogens with zero attached hydrogens (tertiary/aromatic N) is 3. The van der Waals surface area contributed by atoms with Crippen molar-refractivity contribution in [2.45, 2.75) is 6.92 Å². The topological polar surface area (TPSA) is 58.8 Å². The van der Waals surface area contributed by atoms with Gasteiger partial charge in [-0.3, -0.25) is 0 Å². The van der Waals surface area contributed by atoms with Gasteiger partial charge in [0, 0.05) is 11.6 Å². The zero-order valence-electron chi connectivity index (χ0n) is 11.2. The van der Waals surface area contributed by atoms with Crippen LogP contribution in [0.1, 0.15) is 11.4 Å². The van der Waals surface area contributed by atoms with Crippen LogP contribution in [0.5, 0.6) is 11.5 Å². The summed E-state index contributed by atoms with van der Waals surface area (Å²) in [7, 11) is 0. The lowest BCUT2D eigenvalue weighted by molar-refractivity contribution is 0.472. The van der Waals surface area contributed by atoms with Gasteiger partial charge in [-0.25, -0.2) is 14.4 Å². The summed E-state index contributed by atoms with van der Waals surface area (Å²) in [6.07, 6.45) is 1.52. The Hall–Kier alpha value is -3.00. The maximum Gasteiger partial charge on any atom is 0.183 e. The van der Waals surface area contributed by atoms with Gasteiger partial charge >= 0.3 is 0 Å². The molecule has 0 N–H and O–H groups in total. The van der Waals surface area contributed by atoms with Gasteiger partial charge in [0.25, 0.3) is 0 Å². The van der Waals surface area contributed by atoms with E-state index >= 15 is 0 Å². The number of rotatable bonds is 2. The number of aryl methyl sites for hydroxylation is 1. The molecule has 0 aliphatic rings. The number of halogens is 1. The fourth-order valence-corrected chi connectivity index (χ4v) is 2.01. The summed E-state index contributed by atoms with van der Waals surface area (Å²) in [5.41, 5.74) is 1.03. The van der Waals surface area contributed by atoms with E-state index in [2.05, 4.69) is 9.97 Å². The van der Waals surface area contributed by atoms with Crippen LogP contribution in [0, 0.1) is 24.1 Å². The van der Waals surface area contributed by atoms with E-state index in [0.717, 1.165) is 0 Å². The first kappa shape index (κ1) is 13.0. The first-order valence-electron chi connectivity index (χ1n) is 6.28. The molecule has 0 aliphatic heterocycles. The molecule has 0 spiro atoms. The first-order chi connectivity index (χ1) is 10.2.